The molecule has 0 radical (unpaired) electrons. The fourth-order valence-electron chi connectivity index (χ4n) is 0. The summed E-state index contributed by atoms with van der Waals surface area (Å²) in [6.45, 7) is 23.5. The van der Waals surface area contributed by atoms with Gasteiger partial charge in [-0.25, -0.2) is 0 Å². The molecular formula is C12H28. The van der Waals surface area contributed by atoms with E-state index in [-0.39, 0.29) is 0 Å². The molecule has 0 saturated carbocycles. The maximum Gasteiger partial charge on any atom is -0.0411 e. The molecule has 0 aromatic heterocycles. The monoisotopic (exact) mass is 172 g/mol. The molecule has 0 aliphatic rings. The van der Waals surface area contributed by atoms with Crippen molar-refractivity contribution in [2.24, 2.45) is 10.8 Å². The second-order valence-corrected chi connectivity index (χ2v) is 6.00. The zero-order valence-electron chi connectivity index (χ0n) is 10.4. The Morgan fingerprint density at radius 3 is 0.500 bits per heavy atom. The van der Waals surface area contributed by atoms with Crippen LogP contribution in [0.2, 0.25) is 0 Å². The van der Waals surface area contributed by atoms with Crippen LogP contribution in [0.3, 0.4) is 0 Å². The predicted molar refractivity (Wildman–Crippen MR) is 61.5 cm³/mol. The van der Waals surface area contributed by atoms with Crippen LogP contribution < -0.4 is 0 Å². The van der Waals surface area contributed by atoms with Gasteiger partial charge in [0.2, 0.25) is 0 Å². The fourth-order valence-corrected chi connectivity index (χ4v) is 0. The molecule has 0 heterocycles. The van der Waals surface area contributed by atoms with Gasteiger partial charge in [0.25, 0.3) is 0 Å². The summed E-state index contributed by atoms with van der Waals surface area (Å²) in [4.78, 5) is 0. The lowest BCUT2D eigenvalue weighted by Gasteiger charge is -2.05. The lowest BCUT2D eigenvalue weighted by atomic mass is 10.0. The van der Waals surface area contributed by atoms with E-state index in [9.17, 15) is 0 Å². The number of rotatable bonds is 0. The highest BCUT2D eigenvalue weighted by atomic mass is 14.0. The summed E-state index contributed by atoms with van der Waals surface area (Å²) in [6.07, 6.45) is 0. The Bertz CT molecular complexity index is 53.2. The molecule has 0 N–H and O–H groups in total. The van der Waals surface area contributed by atoms with E-state index in [0.717, 1.165) is 0 Å². The first-order valence-corrected chi connectivity index (χ1v) is 4.50. The van der Waals surface area contributed by atoms with Gasteiger partial charge in [0, 0.05) is 0 Å². The molecule has 0 aliphatic heterocycles. The molecule has 76 valence electrons. The second-order valence-electron chi connectivity index (χ2n) is 6.00. The molecule has 0 saturated heterocycles. The van der Waals surface area contributed by atoms with Gasteiger partial charge in [-0.3, -0.25) is 0 Å². The van der Waals surface area contributed by atoms with Crippen LogP contribution in [0.1, 0.15) is 55.4 Å². The SMILES string of the molecule is C=C.CC(C)(C)C.CC(C)(C)C. The zero-order chi connectivity index (χ0) is 11.0. The Labute approximate surface area is 80.1 Å². The number of hydrogen-bond donors (Lipinski definition) is 0. The van der Waals surface area contributed by atoms with Crippen molar-refractivity contribution in [2.45, 2.75) is 55.4 Å². The van der Waals surface area contributed by atoms with E-state index in [2.05, 4.69) is 68.5 Å². The molecule has 0 rings (SSSR count). The Balaban J connectivity index is -0.000000112. The van der Waals surface area contributed by atoms with Gasteiger partial charge in [0.15, 0.2) is 0 Å². The molecule has 0 unspecified atom stereocenters. The Morgan fingerprint density at radius 2 is 0.500 bits per heavy atom. The molecule has 0 nitrogen and oxygen atoms in total. The van der Waals surface area contributed by atoms with Crippen molar-refractivity contribution in [3.05, 3.63) is 13.2 Å². The molecular weight excluding hydrogens is 144 g/mol. The molecule has 0 aromatic carbocycles. The molecule has 0 heteroatoms. The maximum atomic E-state index is 3.00. The minimum atomic E-state index is 0.500. The van der Waals surface area contributed by atoms with Crippen LogP contribution in [-0.4, -0.2) is 0 Å². The van der Waals surface area contributed by atoms with Gasteiger partial charge in [0.05, 0.1) is 0 Å². The number of hydrogen-bond acceptors (Lipinski definition) is 0. The third kappa shape index (κ3) is 11000. The minimum Gasteiger partial charge on any atom is -0.106 e. The summed E-state index contributed by atoms with van der Waals surface area (Å²) in [5.41, 5.74) is 1.00. The van der Waals surface area contributed by atoms with Crippen LogP contribution in [0.4, 0.5) is 0 Å². The average Bonchev–Trinajstić information content (AvgIpc) is 1.59. The van der Waals surface area contributed by atoms with Crippen molar-refractivity contribution in [3.63, 3.8) is 0 Å². The zero-order valence-corrected chi connectivity index (χ0v) is 10.4. The van der Waals surface area contributed by atoms with Crippen molar-refractivity contribution in [1.82, 2.24) is 0 Å². The standard InChI is InChI=1S/2C5H12.C2H4/c2*1-5(2,3)4;1-2/h2*1-4H3;1-2H2. The van der Waals surface area contributed by atoms with Gasteiger partial charge < -0.3 is 0 Å². The van der Waals surface area contributed by atoms with E-state index in [0.29, 0.717) is 10.8 Å². The molecule has 12 heavy (non-hydrogen) atoms. The lowest BCUT2D eigenvalue weighted by Crippen LogP contribution is -1.93. The summed E-state index contributed by atoms with van der Waals surface area (Å²) < 4.78 is 0. The van der Waals surface area contributed by atoms with Crippen molar-refractivity contribution in [2.75, 3.05) is 0 Å². The largest absolute Gasteiger partial charge is 0.106 e. The van der Waals surface area contributed by atoms with Crippen LogP contribution in [0.15, 0.2) is 13.2 Å². The molecule has 0 aliphatic carbocycles. The minimum absolute atomic E-state index is 0.500. The van der Waals surface area contributed by atoms with Gasteiger partial charge >= 0.3 is 0 Å². The Hall–Kier alpha value is -0.260. The van der Waals surface area contributed by atoms with Crippen molar-refractivity contribution in [1.29, 1.82) is 0 Å². The van der Waals surface area contributed by atoms with E-state index < -0.39 is 0 Å². The first-order chi connectivity index (χ1) is 5.00. The highest BCUT2D eigenvalue weighted by molar-refractivity contribution is 4.47. The van der Waals surface area contributed by atoms with Crippen molar-refractivity contribution >= 4 is 0 Å². The molecule has 0 amide bonds. The Kier molecular flexibility index (Phi) is 10.9. The first kappa shape index (κ1) is 17.7. The maximum absolute atomic E-state index is 3.00. The topological polar surface area (TPSA) is 0 Å². The second kappa shape index (κ2) is 7.39. The molecule has 0 aromatic rings. The predicted octanol–water partition coefficient (Wildman–Crippen LogP) is 4.91. The van der Waals surface area contributed by atoms with Gasteiger partial charge in [0.1, 0.15) is 0 Å². The molecule has 0 spiro atoms. The summed E-state index contributed by atoms with van der Waals surface area (Å²) >= 11 is 0. The third-order valence-corrected chi connectivity index (χ3v) is 0. The summed E-state index contributed by atoms with van der Waals surface area (Å²) in [7, 11) is 0. The van der Waals surface area contributed by atoms with Gasteiger partial charge in [-0.1, -0.05) is 55.4 Å². The highest BCUT2D eigenvalue weighted by Gasteiger charge is 1.96. The van der Waals surface area contributed by atoms with Crippen LogP contribution >= 0.6 is 0 Å². The van der Waals surface area contributed by atoms with Gasteiger partial charge in [-0.05, 0) is 10.8 Å². The molecule has 0 atom stereocenters. The summed E-state index contributed by atoms with van der Waals surface area (Å²) in [5.74, 6) is 0. The smallest absolute Gasteiger partial charge is 0.0411 e. The summed E-state index contributed by atoms with van der Waals surface area (Å²) in [5, 5.41) is 0. The normalized spacial score (nSPS) is 10.3. The highest BCUT2D eigenvalue weighted by Crippen LogP contribution is 2.08. The van der Waals surface area contributed by atoms with E-state index in [1.807, 2.05) is 0 Å². The third-order valence-electron chi connectivity index (χ3n) is 0. The Morgan fingerprint density at radius 1 is 0.500 bits per heavy atom. The first-order valence-electron chi connectivity index (χ1n) is 4.50. The van der Waals surface area contributed by atoms with Gasteiger partial charge in [-0.2, -0.15) is 0 Å². The van der Waals surface area contributed by atoms with Crippen LogP contribution in [0, 0.1) is 10.8 Å². The average molecular weight is 172 g/mol. The van der Waals surface area contributed by atoms with Crippen molar-refractivity contribution in [3.8, 4) is 0 Å². The van der Waals surface area contributed by atoms with Gasteiger partial charge in [-0.15, -0.1) is 13.2 Å². The van der Waals surface area contributed by atoms with Crippen LogP contribution in [-0.2, 0) is 0 Å². The van der Waals surface area contributed by atoms with E-state index in [4.69, 9.17) is 0 Å². The van der Waals surface area contributed by atoms with Crippen LogP contribution in [0.5, 0.6) is 0 Å². The molecule has 0 bridgehead atoms. The van der Waals surface area contributed by atoms with E-state index in [1.165, 1.54) is 0 Å². The van der Waals surface area contributed by atoms with E-state index in [1.54, 1.807) is 0 Å². The van der Waals surface area contributed by atoms with E-state index >= 15 is 0 Å². The quantitative estimate of drug-likeness (QED) is 0.456. The van der Waals surface area contributed by atoms with Crippen molar-refractivity contribution < 1.29 is 0 Å². The lowest BCUT2D eigenvalue weighted by molar-refractivity contribution is 0.469. The van der Waals surface area contributed by atoms with Crippen LogP contribution in [0.25, 0.3) is 0 Å². The summed E-state index contributed by atoms with van der Waals surface area (Å²) in [6, 6.07) is 0. The fraction of sp³-hybridized carbons (Fsp3) is 0.833. The molecule has 0 fully saturated rings.